The number of thiocarbonyl (C=S) groups is 1. The van der Waals surface area contributed by atoms with Gasteiger partial charge in [-0.15, -0.1) is 0 Å². The quantitative estimate of drug-likeness (QED) is 0.275. The number of hydrogen-bond acceptors (Lipinski definition) is 8. The number of rotatable bonds is 4. The first-order valence-corrected chi connectivity index (χ1v) is 7.37. The van der Waals surface area contributed by atoms with E-state index in [0.29, 0.717) is 5.76 Å². The largest absolute Gasteiger partial charge is 0.463 e. The number of amides is 1. The SMILES string of the molecule is O=C1/C(=C\c2ccc([N+](=O)[O-])o2)SC(=S)N1/N=C/c1ccco1. The molecule has 2 aromatic heterocycles. The molecule has 3 heterocycles. The fourth-order valence-corrected chi connectivity index (χ4v) is 2.84. The minimum absolute atomic E-state index is 0.187. The fourth-order valence-electron chi connectivity index (χ4n) is 1.69. The highest BCUT2D eigenvalue weighted by Gasteiger charge is 2.32. The smallest absolute Gasteiger partial charge is 0.433 e. The fraction of sp³-hybridized carbons (Fsp3) is 0. The van der Waals surface area contributed by atoms with Gasteiger partial charge in [0, 0.05) is 6.08 Å². The Balaban J connectivity index is 1.80. The van der Waals surface area contributed by atoms with Crippen LogP contribution in [0, 0.1) is 10.1 Å². The van der Waals surface area contributed by atoms with Crippen molar-refractivity contribution in [2.45, 2.75) is 0 Å². The van der Waals surface area contributed by atoms with E-state index in [2.05, 4.69) is 5.10 Å². The molecular weight excluding hydrogens is 342 g/mol. The van der Waals surface area contributed by atoms with Crippen molar-refractivity contribution in [1.29, 1.82) is 0 Å². The van der Waals surface area contributed by atoms with E-state index in [-0.39, 0.29) is 15.0 Å². The topological polar surface area (TPSA) is 102 Å². The minimum Gasteiger partial charge on any atom is -0.463 e. The number of furan rings is 2. The molecule has 1 fully saturated rings. The summed E-state index contributed by atoms with van der Waals surface area (Å²) in [6, 6.07) is 5.98. The van der Waals surface area contributed by atoms with Gasteiger partial charge >= 0.3 is 5.88 Å². The van der Waals surface area contributed by atoms with Crippen LogP contribution in [-0.2, 0) is 4.79 Å². The van der Waals surface area contributed by atoms with Crippen molar-refractivity contribution < 1.29 is 18.6 Å². The number of hydrazone groups is 1. The highest BCUT2D eigenvalue weighted by atomic mass is 32.2. The van der Waals surface area contributed by atoms with E-state index < -0.39 is 16.7 Å². The Morgan fingerprint density at radius 2 is 2.17 bits per heavy atom. The molecule has 116 valence electrons. The van der Waals surface area contributed by atoms with Gasteiger partial charge in [-0.05, 0) is 30.4 Å². The van der Waals surface area contributed by atoms with Gasteiger partial charge in [0.25, 0.3) is 5.91 Å². The van der Waals surface area contributed by atoms with Crippen LogP contribution in [-0.4, -0.2) is 26.4 Å². The second-order valence-corrected chi connectivity index (χ2v) is 5.86. The van der Waals surface area contributed by atoms with Crippen LogP contribution in [0.5, 0.6) is 0 Å². The van der Waals surface area contributed by atoms with Gasteiger partial charge in [0.2, 0.25) is 0 Å². The number of carbonyl (C=O) groups excluding carboxylic acids is 1. The van der Waals surface area contributed by atoms with Gasteiger partial charge in [-0.2, -0.15) is 10.1 Å². The van der Waals surface area contributed by atoms with E-state index in [9.17, 15) is 14.9 Å². The molecule has 1 aliphatic heterocycles. The van der Waals surface area contributed by atoms with Gasteiger partial charge in [-0.1, -0.05) is 11.8 Å². The number of carbonyl (C=O) groups is 1. The minimum atomic E-state index is -0.657. The summed E-state index contributed by atoms with van der Waals surface area (Å²) in [6.45, 7) is 0. The Morgan fingerprint density at radius 1 is 1.35 bits per heavy atom. The van der Waals surface area contributed by atoms with Gasteiger partial charge in [0.1, 0.15) is 16.4 Å². The highest BCUT2D eigenvalue weighted by molar-refractivity contribution is 8.26. The standard InChI is InChI=1S/C13H7N3O5S2/c17-12-10(6-8-3-4-11(21-8)16(18)19)23-13(22)15(12)14-7-9-2-1-5-20-9/h1-7H/b10-6+,14-7+. The summed E-state index contributed by atoms with van der Waals surface area (Å²) in [5.74, 6) is -0.179. The number of thioether (sulfide) groups is 1. The molecule has 0 unspecified atom stereocenters. The summed E-state index contributed by atoms with van der Waals surface area (Å²) in [7, 11) is 0. The Bertz CT molecular complexity index is 838. The predicted octanol–water partition coefficient (Wildman–Crippen LogP) is 3.02. The van der Waals surface area contributed by atoms with Crippen molar-refractivity contribution in [3.05, 3.63) is 57.1 Å². The van der Waals surface area contributed by atoms with E-state index in [4.69, 9.17) is 21.1 Å². The molecule has 1 saturated heterocycles. The Kier molecular flexibility index (Phi) is 4.08. The van der Waals surface area contributed by atoms with Crippen molar-refractivity contribution in [2.75, 3.05) is 0 Å². The Labute approximate surface area is 138 Å². The maximum absolute atomic E-state index is 12.2. The van der Waals surface area contributed by atoms with Crippen LogP contribution in [0.1, 0.15) is 11.5 Å². The molecule has 10 heteroatoms. The molecule has 0 atom stereocenters. The van der Waals surface area contributed by atoms with Crippen LogP contribution in [0.2, 0.25) is 0 Å². The normalized spacial score (nSPS) is 16.9. The maximum atomic E-state index is 12.2. The monoisotopic (exact) mass is 349 g/mol. The average Bonchev–Trinajstić information content (AvgIpc) is 3.21. The lowest BCUT2D eigenvalue weighted by molar-refractivity contribution is -0.402. The molecule has 0 radical (unpaired) electrons. The molecule has 0 aromatic carbocycles. The summed E-state index contributed by atoms with van der Waals surface area (Å²) in [6.07, 6.45) is 4.23. The van der Waals surface area contributed by atoms with Crippen molar-refractivity contribution >= 4 is 52.4 Å². The van der Waals surface area contributed by atoms with Crippen LogP contribution in [0.25, 0.3) is 6.08 Å². The van der Waals surface area contributed by atoms with E-state index >= 15 is 0 Å². The summed E-state index contributed by atoms with van der Waals surface area (Å²) in [5.41, 5.74) is 0. The van der Waals surface area contributed by atoms with Gasteiger partial charge in [0.05, 0.1) is 23.4 Å². The summed E-state index contributed by atoms with van der Waals surface area (Å²) in [5, 5.41) is 15.6. The van der Waals surface area contributed by atoms with Crippen molar-refractivity contribution in [3.8, 4) is 0 Å². The number of nitrogens with zero attached hydrogens (tertiary/aromatic N) is 3. The van der Waals surface area contributed by atoms with E-state index in [1.165, 1.54) is 30.7 Å². The van der Waals surface area contributed by atoms with Gasteiger partial charge < -0.3 is 8.83 Å². The molecule has 3 rings (SSSR count). The molecule has 2 aromatic rings. The predicted molar refractivity (Wildman–Crippen MR) is 86.7 cm³/mol. The highest BCUT2D eigenvalue weighted by Crippen LogP contribution is 2.33. The molecule has 0 aliphatic carbocycles. The van der Waals surface area contributed by atoms with Crippen LogP contribution < -0.4 is 0 Å². The van der Waals surface area contributed by atoms with Crippen LogP contribution in [0.3, 0.4) is 0 Å². The summed E-state index contributed by atoms with van der Waals surface area (Å²) in [4.78, 5) is 22.4. The Hall–Kier alpha value is -2.72. The van der Waals surface area contributed by atoms with Crippen molar-refractivity contribution in [3.63, 3.8) is 0 Å². The third kappa shape index (κ3) is 3.22. The molecule has 0 bridgehead atoms. The van der Waals surface area contributed by atoms with Gasteiger partial charge in [-0.25, -0.2) is 0 Å². The summed E-state index contributed by atoms with van der Waals surface area (Å²) >= 11 is 6.12. The number of nitro groups is 1. The third-order valence-electron chi connectivity index (χ3n) is 2.68. The van der Waals surface area contributed by atoms with Gasteiger partial charge in [-0.3, -0.25) is 14.9 Å². The first-order chi connectivity index (χ1) is 11.0. The lowest BCUT2D eigenvalue weighted by Crippen LogP contribution is -2.22. The van der Waals surface area contributed by atoms with Crippen LogP contribution in [0.15, 0.2) is 49.4 Å². The summed E-state index contributed by atoms with van der Waals surface area (Å²) < 4.78 is 10.3. The first kappa shape index (κ1) is 15.2. The molecule has 1 aliphatic rings. The zero-order valence-corrected chi connectivity index (χ0v) is 12.9. The van der Waals surface area contributed by atoms with Crippen molar-refractivity contribution in [2.24, 2.45) is 5.10 Å². The molecule has 0 N–H and O–H groups in total. The molecule has 0 saturated carbocycles. The molecule has 0 spiro atoms. The molecule has 1 amide bonds. The molecule has 23 heavy (non-hydrogen) atoms. The van der Waals surface area contributed by atoms with E-state index in [1.54, 1.807) is 12.1 Å². The Morgan fingerprint density at radius 3 is 2.83 bits per heavy atom. The van der Waals surface area contributed by atoms with E-state index in [1.807, 2.05) is 0 Å². The lowest BCUT2D eigenvalue weighted by Gasteiger charge is -2.04. The second kappa shape index (κ2) is 6.18. The van der Waals surface area contributed by atoms with Crippen LogP contribution >= 0.6 is 24.0 Å². The number of hydrogen-bond donors (Lipinski definition) is 0. The molecule has 8 nitrogen and oxygen atoms in total. The second-order valence-electron chi connectivity index (χ2n) is 4.19. The van der Waals surface area contributed by atoms with Crippen molar-refractivity contribution in [1.82, 2.24) is 5.01 Å². The average molecular weight is 349 g/mol. The zero-order valence-electron chi connectivity index (χ0n) is 11.2. The molecular formula is C13H7N3O5S2. The van der Waals surface area contributed by atoms with E-state index in [0.717, 1.165) is 16.8 Å². The van der Waals surface area contributed by atoms with Crippen LogP contribution in [0.4, 0.5) is 5.88 Å². The van der Waals surface area contributed by atoms with Gasteiger partial charge in [0.15, 0.2) is 4.32 Å². The lowest BCUT2D eigenvalue weighted by atomic mass is 10.4. The maximum Gasteiger partial charge on any atom is 0.433 e. The zero-order chi connectivity index (χ0) is 16.4. The third-order valence-corrected chi connectivity index (χ3v) is 3.97. The first-order valence-electron chi connectivity index (χ1n) is 6.14.